The second kappa shape index (κ2) is 5.32. The van der Waals surface area contributed by atoms with Crippen LogP contribution in [0.25, 0.3) is 0 Å². The van der Waals surface area contributed by atoms with Crippen LogP contribution in [0.15, 0.2) is 30.3 Å². The van der Waals surface area contributed by atoms with Gasteiger partial charge in [-0.3, -0.25) is 0 Å². The molecule has 1 aromatic rings. The Morgan fingerprint density at radius 2 is 1.80 bits per heavy atom. The normalized spacial score (nSPS) is 19.3. The highest BCUT2D eigenvalue weighted by Crippen LogP contribution is 2.31. The standard InChI is InChI=1S/C14H20O/c15-14(13-8-2-1-3-9-13)11-10-12-6-4-5-7-12/h1-3,8-9,12,14-15H,4-7,10-11H2. The molecule has 1 atom stereocenters. The topological polar surface area (TPSA) is 20.2 Å². The molecule has 82 valence electrons. The first-order chi connectivity index (χ1) is 7.36. The van der Waals surface area contributed by atoms with Gasteiger partial charge >= 0.3 is 0 Å². The van der Waals surface area contributed by atoms with Gasteiger partial charge in [0.25, 0.3) is 0 Å². The van der Waals surface area contributed by atoms with Crippen molar-refractivity contribution in [2.45, 2.75) is 44.6 Å². The summed E-state index contributed by atoms with van der Waals surface area (Å²) in [5, 5.41) is 9.98. The van der Waals surface area contributed by atoms with Crippen molar-refractivity contribution < 1.29 is 5.11 Å². The maximum Gasteiger partial charge on any atom is 0.0790 e. The van der Waals surface area contributed by atoms with Gasteiger partial charge in [-0.25, -0.2) is 0 Å². The molecule has 1 saturated carbocycles. The average molecular weight is 204 g/mol. The molecule has 1 unspecified atom stereocenters. The lowest BCUT2D eigenvalue weighted by atomic mass is 9.96. The van der Waals surface area contributed by atoms with Gasteiger partial charge in [-0.15, -0.1) is 0 Å². The number of rotatable bonds is 4. The van der Waals surface area contributed by atoms with Crippen molar-refractivity contribution in [2.24, 2.45) is 5.92 Å². The quantitative estimate of drug-likeness (QED) is 0.793. The first kappa shape index (κ1) is 10.7. The number of hydrogen-bond donors (Lipinski definition) is 1. The molecular weight excluding hydrogens is 184 g/mol. The van der Waals surface area contributed by atoms with Crippen LogP contribution in [0.4, 0.5) is 0 Å². The van der Waals surface area contributed by atoms with Gasteiger partial charge in [-0.2, -0.15) is 0 Å². The minimum Gasteiger partial charge on any atom is -0.388 e. The summed E-state index contributed by atoms with van der Waals surface area (Å²) in [5.74, 6) is 0.878. The van der Waals surface area contributed by atoms with E-state index in [9.17, 15) is 5.11 Å². The van der Waals surface area contributed by atoms with Crippen LogP contribution < -0.4 is 0 Å². The molecule has 0 amide bonds. The molecule has 0 radical (unpaired) electrons. The van der Waals surface area contributed by atoms with E-state index in [1.807, 2.05) is 30.3 Å². The second-order valence-electron chi connectivity index (χ2n) is 4.65. The lowest BCUT2D eigenvalue weighted by Gasteiger charge is -2.13. The van der Waals surface area contributed by atoms with E-state index in [4.69, 9.17) is 0 Å². The van der Waals surface area contributed by atoms with Crippen LogP contribution in [0.5, 0.6) is 0 Å². The molecule has 0 bridgehead atoms. The Labute approximate surface area is 92.1 Å². The number of benzene rings is 1. The van der Waals surface area contributed by atoms with Gasteiger partial charge in [0.1, 0.15) is 0 Å². The fourth-order valence-electron chi connectivity index (χ4n) is 2.53. The monoisotopic (exact) mass is 204 g/mol. The van der Waals surface area contributed by atoms with Crippen LogP contribution in [0.1, 0.15) is 50.2 Å². The van der Waals surface area contributed by atoms with Crippen molar-refractivity contribution in [1.82, 2.24) is 0 Å². The molecule has 1 nitrogen and oxygen atoms in total. The van der Waals surface area contributed by atoms with Crippen molar-refractivity contribution in [3.05, 3.63) is 35.9 Å². The van der Waals surface area contributed by atoms with Gasteiger partial charge in [0, 0.05) is 0 Å². The molecule has 1 aromatic carbocycles. The van der Waals surface area contributed by atoms with Gasteiger partial charge in [0.15, 0.2) is 0 Å². The molecule has 0 heterocycles. The van der Waals surface area contributed by atoms with Crippen LogP contribution in [0.2, 0.25) is 0 Å². The van der Waals surface area contributed by atoms with E-state index >= 15 is 0 Å². The molecule has 0 aromatic heterocycles. The highest BCUT2D eigenvalue weighted by Gasteiger charge is 2.16. The molecule has 0 saturated heterocycles. The summed E-state index contributed by atoms with van der Waals surface area (Å²) in [5.41, 5.74) is 1.07. The van der Waals surface area contributed by atoms with Gasteiger partial charge in [0.2, 0.25) is 0 Å². The first-order valence-electron chi connectivity index (χ1n) is 6.09. The predicted molar refractivity (Wildman–Crippen MR) is 62.6 cm³/mol. The minimum absolute atomic E-state index is 0.258. The largest absolute Gasteiger partial charge is 0.388 e. The molecule has 1 heteroatoms. The highest BCUT2D eigenvalue weighted by molar-refractivity contribution is 5.17. The van der Waals surface area contributed by atoms with Crippen molar-refractivity contribution >= 4 is 0 Å². The summed E-state index contributed by atoms with van der Waals surface area (Å²) in [6, 6.07) is 10.0. The lowest BCUT2D eigenvalue weighted by molar-refractivity contribution is 0.157. The molecule has 0 spiro atoms. The van der Waals surface area contributed by atoms with E-state index in [1.165, 1.54) is 32.1 Å². The highest BCUT2D eigenvalue weighted by atomic mass is 16.3. The summed E-state index contributed by atoms with van der Waals surface area (Å²) in [6.07, 6.45) is 7.40. The Morgan fingerprint density at radius 3 is 2.47 bits per heavy atom. The predicted octanol–water partition coefficient (Wildman–Crippen LogP) is 3.69. The third-order valence-corrected chi connectivity index (χ3v) is 3.51. The Hall–Kier alpha value is -0.820. The Balaban J connectivity index is 1.79. The summed E-state index contributed by atoms with van der Waals surface area (Å²) in [4.78, 5) is 0. The van der Waals surface area contributed by atoms with Crippen LogP contribution in [0, 0.1) is 5.92 Å². The summed E-state index contributed by atoms with van der Waals surface area (Å²) in [6.45, 7) is 0. The number of hydrogen-bond acceptors (Lipinski definition) is 1. The zero-order valence-corrected chi connectivity index (χ0v) is 9.23. The molecular formula is C14H20O. The zero-order valence-electron chi connectivity index (χ0n) is 9.23. The summed E-state index contributed by atoms with van der Waals surface area (Å²) >= 11 is 0. The van der Waals surface area contributed by atoms with Crippen molar-refractivity contribution in [1.29, 1.82) is 0 Å². The third-order valence-electron chi connectivity index (χ3n) is 3.51. The molecule has 15 heavy (non-hydrogen) atoms. The van der Waals surface area contributed by atoms with E-state index in [1.54, 1.807) is 0 Å². The fourth-order valence-corrected chi connectivity index (χ4v) is 2.53. The number of aliphatic hydroxyl groups excluding tert-OH is 1. The van der Waals surface area contributed by atoms with Gasteiger partial charge in [-0.05, 0) is 24.3 Å². The van der Waals surface area contributed by atoms with Gasteiger partial charge in [-0.1, -0.05) is 56.0 Å². The first-order valence-corrected chi connectivity index (χ1v) is 6.09. The van der Waals surface area contributed by atoms with Crippen molar-refractivity contribution in [3.8, 4) is 0 Å². The summed E-state index contributed by atoms with van der Waals surface area (Å²) in [7, 11) is 0. The van der Waals surface area contributed by atoms with Crippen molar-refractivity contribution in [3.63, 3.8) is 0 Å². The van der Waals surface area contributed by atoms with Crippen LogP contribution in [-0.2, 0) is 0 Å². The molecule has 2 rings (SSSR count). The maximum absolute atomic E-state index is 9.98. The molecule has 1 N–H and O–H groups in total. The average Bonchev–Trinajstić information content (AvgIpc) is 2.80. The SMILES string of the molecule is OC(CCC1CCCC1)c1ccccc1. The second-order valence-corrected chi connectivity index (χ2v) is 4.65. The molecule has 0 aliphatic heterocycles. The Bertz CT molecular complexity index is 275. The van der Waals surface area contributed by atoms with E-state index in [0.717, 1.165) is 17.9 Å². The fraction of sp³-hybridized carbons (Fsp3) is 0.571. The van der Waals surface area contributed by atoms with E-state index < -0.39 is 0 Å². The van der Waals surface area contributed by atoms with Gasteiger partial charge < -0.3 is 5.11 Å². The smallest absolute Gasteiger partial charge is 0.0790 e. The Kier molecular flexibility index (Phi) is 3.79. The third kappa shape index (κ3) is 3.07. The minimum atomic E-state index is -0.258. The lowest BCUT2D eigenvalue weighted by Crippen LogP contribution is -2.01. The molecule has 1 aliphatic rings. The maximum atomic E-state index is 9.98. The van der Waals surface area contributed by atoms with Crippen LogP contribution in [0.3, 0.4) is 0 Å². The van der Waals surface area contributed by atoms with Crippen molar-refractivity contribution in [2.75, 3.05) is 0 Å². The Morgan fingerprint density at radius 1 is 1.13 bits per heavy atom. The summed E-state index contributed by atoms with van der Waals surface area (Å²) < 4.78 is 0. The molecule has 1 aliphatic carbocycles. The molecule has 1 fully saturated rings. The zero-order chi connectivity index (χ0) is 10.5. The van der Waals surface area contributed by atoms with Crippen LogP contribution in [-0.4, -0.2) is 5.11 Å². The van der Waals surface area contributed by atoms with Crippen LogP contribution >= 0.6 is 0 Å². The van der Waals surface area contributed by atoms with E-state index in [-0.39, 0.29) is 6.10 Å². The van der Waals surface area contributed by atoms with Gasteiger partial charge in [0.05, 0.1) is 6.10 Å². The van der Waals surface area contributed by atoms with E-state index in [2.05, 4.69) is 0 Å². The number of aliphatic hydroxyl groups is 1. The van der Waals surface area contributed by atoms with E-state index in [0.29, 0.717) is 0 Å².